The van der Waals surface area contributed by atoms with Gasteiger partial charge in [-0.25, -0.2) is 9.69 Å². The minimum Gasteiger partial charge on any atom is -0.483 e. The van der Waals surface area contributed by atoms with Gasteiger partial charge >= 0.3 is 6.03 Å². The molecular formula is C27H21Cl2N3O5. The molecule has 0 spiro atoms. The van der Waals surface area contributed by atoms with Crippen molar-refractivity contribution in [3.05, 3.63) is 93.0 Å². The van der Waals surface area contributed by atoms with E-state index in [2.05, 4.69) is 10.6 Å². The van der Waals surface area contributed by atoms with E-state index in [9.17, 15) is 19.2 Å². The number of hydrogen-bond acceptors (Lipinski definition) is 5. The molecule has 2 N–H and O–H groups in total. The normalized spacial score (nSPS) is 14.5. The summed E-state index contributed by atoms with van der Waals surface area (Å²) >= 11 is 12.2. The van der Waals surface area contributed by atoms with Crippen LogP contribution in [0, 0.1) is 13.8 Å². The van der Waals surface area contributed by atoms with Crippen molar-refractivity contribution in [2.24, 2.45) is 0 Å². The van der Waals surface area contributed by atoms with Gasteiger partial charge in [0.15, 0.2) is 6.61 Å². The second-order valence-corrected chi connectivity index (χ2v) is 9.10. The highest BCUT2D eigenvalue weighted by atomic mass is 35.5. The van der Waals surface area contributed by atoms with E-state index in [0.29, 0.717) is 21.3 Å². The summed E-state index contributed by atoms with van der Waals surface area (Å²) in [5.41, 5.74) is 2.34. The lowest BCUT2D eigenvalue weighted by atomic mass is 10.0. The number of halogens is 2. The number of carbonyl (C=O) groups excluding carboxylic acids is 4. The Morgan fingerprint density at radius 1 is 0.973 bits per heavy atom. The number of rotatable bonds is 6. The molecule has 1 heterocycles. The van der Waals surface area contributed by atoms with Crippen LogP contribution < -0.4 is 20.3 Å². The quantitative estimate of drug-likeness (QED) is 0.328. The average molecular weight is 538 g/mol. The molecule has 1 fully saturated rings. The Bertz CT molecular complexity index is 1470. The highest BCUT2D eigenvalue weighted by Gasteiger charge is 2.37. The molecule has 10 heteroatoms. The van der Waals surface area contributed by atoms with Crippen LogP contribution in [0.1, 0.15) is 16.7 Å². The Morgan fingerprint density at radius 2 is 1.68 bits per heavy atom. The van der Waals surface area contributed by atoms with Crippen LogP contribution >= 0.6 is 23.2 Å². The van der Waals surface area contributed by atoms with Gasteiger partial charge in [-0.2, -0.15) is 0 Å². The van der Waals surface area contributed by atoms with Crippen molar-refractivity contribution in [3.63, 3.8) is 0 Å². The molecule has 0 aromatic heterocycles. The van der Waals surface area contributed by atoms with Crippen molar-refractivity contribution in [1.82, 2.24) is 5.32 Å². The predicted molar refractivity (Wildman–Crippen MR) is 142 cm³/mol. The highest BCUT2D eigenvalue weighted by molar-refractivity contribution is 6.40. The molecule has 1 aliphatic heterocycles. The van der Waals surface area contributed by atoms with Gasteiger partial charge in [0.2, 0.25) is 0 Å². The van der Waals surface area contributed by atoms with Crippen molar-refractivity contribution in [2.75, 3.05) is 16.8 Å². The fourth-order valence-electron chi connectivity index (χ4n) is 3.66. The molecule has 1 aliphatic rings. The zero-order valence-corrected chi connectivity index (χ0v) is 21.3. The summed E-state index contributed by atoms with van der Waals surface area (Å²) in [4.78, 5) is 51.8. The third kappa shape index (κ3) is 5.82. The Labute approximate surface area is 222 Å². The zero-order chi connectivity index (χ0) is 26.7. The van der Waals surface area contributed by atoms with E-state index in [-0.39, 0.29) is 29.2 Å². The molecule has 8 nitrogen and oxygen atoms in total. The summed E-state index contributed by atoms with van der Waals surface area (Å²) in [5, 5.41) is 5.57. The molecule has 0 radical (unpaired) electrons. The summed E-state index contributed by atoms with van der Waals surface area (Å²) in [6, 6.07) is 15.7. The number of para-hydroxylation sites is 1. The van der Waals surface area contributed by atoms with Gasteiger partial charge in [-0.15, -0.1) is 0 Å². The maximum absolute atomic E-state index is 13.3. The second kappa shape index (κ2) is 10.9. The van der Waals surface area contributed by atoms with Crippen molar-refractivity contribution >= 4 is 64.4 Å². The van der Waals surface area contributed by atoms with Crippen LogP contribution in [-0.4, -0.2) is 30.4 Å². The van der Waals surface area contributed by atoms with Crippen molar-refractivity contribution in [3.8, 4) is 5.75 Å². The standard InChI is InChI=1S/C27H21Cl2N3O5/c1-15-5-3-4-6-21(15)30-24(33)14-37-23-10-9-18(28)11-17(23)12-20-25(34)31-27(36)32(26(20)35)22-13-19(29)8-7-16(22)2/h3-13H,14H2,1-2H3,(H,30,33)(H,31,34,36)/b20-12+. The van der Waals surface area contributed by atoms with Gasteiger partial charge in [0.25, 0.3) is 17.7 Å². The number of carbonyl (C=O) groups is 4. The molecular weight excluding hydrogens is 517 g/mol. The first kappa shape index (κ1) is 25.9. The Hall–Kier alpha value is -4.14. The van der Waals surface area contributed by atoms with E-state index in [1.807, 2.05) is 19.1 Å². The fourth-order valence-corrected chi connectivity index (χ4v) is 4.01. The third-order valence-corrected chi connectivity index (χ3v) is 6.03. The molecule has 4 rings (SSSR count). The molecule has 188 valence electrons. The SMILES string of the molecule is Cc1ccccc1NC(=O)COc1ccc(Cl)cc1/C=C1\C(=O)NC(=O)N(c2cc(Cl)ccc2C)C1=O. The lowest BCUT2D eigenvalue weighted by Gasteiger charge is -2.27. The molecule has 3 aromatic carbocycles. The molecule has 0 atom stereocenters. The number of benzene rings is 3. The van der Waals surface area contributed by atoms with Crippen molar-refractivity contribution < 1.29 is 23.9 Å². The van der Waals surface area contributed by atoms with Gasteiger partial charge in [-0.1, -0.05) is 47.5 Å². The first-order valence-electron chi connectivity index (χ1n) is 11.1. The highest BCUT2D eigenvalue weighted by Crippen LogP contribution is 2.30. The number of urea groups is 1. The summed E-state index contributed by atoms with van der Waals surface area (Å²) in [5.74, 6) is -1.92. The molecule has 0 saturated carbocycles. The van der Waals surface area contributed by atoms with Crippen molar-refractivity contribution in [1.29, 1.82) is 0 Å². The molecule has 3 aromatic rings. The lowest BCUT2D eigenvalue weighted by molar-refractivity contribution is -0.122. The topological polar surface area (TPSA) is 105 Å². The first-order chi connectivity index (χ1) is 17.6. The largest absolute Gasteiger partial charge is 0.483 e. The van der Waals surface area contributed by atoms with Crippen molar-refractivity contribution in [2.45, 2.75) is 13.8 Å². The number of amides is 5. The van der Waals surface area contributed by atoms with E-state index in [0.717, 1.165) is 10.5 Å². The summed E-state index contributed by atoms with van der Waals surface area (Å²) in [6.45, 7) is 3.24. The van der Waals surface area contributed by atoms with Crippen LogP contribution in [0.4, 0.5) is 16.2 Å². The number of barbiturate groups is 1. The fraction of sp³-hybridized carbons (Fsp3) is 0.111. The maximum Gasteiger partial charge on any atom is 0.335 e. The number of hydrogen-bond donors (Lipinski definition) is 2. The molecule has 0 bridgehead atoms. The number of ether oxygens (including phenoxy) is 1. The Morgan fingerprint density at radius 3 is 2.43 bits per heavy atom. The minimum absolute atomic E-state index is 0.208. The molecule has 5 amide bonds. The van der Waals surface area contributed by atoms with Crippen LogP contribution in [0.5, 0.6) is 5.75 Å². The molecule has 37 heavy (non-hydrogen) atoms. The van der Waals surface area contributed by atoms with Gasteiger partial charge < -0.3 is 10.1 Å². The third-order valence-electron chi connectivity index (χ3n) is 5.56. The Balaban J connectivity index is 1.61. The van der Waals surface area contributed by atoms with Gasteiger partial charge in [0.05, 0.1) is 5.69 Å². The van der Waals surface area contributed by atoms with E-state index >= 15 is 0 Å². The van der Waals surface area contributed by atoms with E-state index in [1.54, 1.807) is 37.3 Å². The summed E-state index contributed by atoms with van der Waals surface area (Å²) in [7, 11) is 0. The first-order valence-corrected chi connectivity index (χ1v) is 11.8. The van der Waals surface area contributed by atoms with Crippen LogP contribution in [0.25, 0.3) is 6.08 Å². The van der Waals surface area contributed by atoms with Gasteiger partial charge in [-0.3, -0.25) is 19.7 Å². The molecule has 0 unspecified atom stereocenters. The zero-order valence-electron chi connectivity index (χ0n) is 19.8. The number of anilines is 2. The number of nitrogens with one attached hydrogen (secondary N) is 2. The van der Waals surface area contributed by atoms with E-state index < -0.39 is 23.8 Å². The number of nitrogens with zero attached hydrogens (tertiary/aromatic N) is 1. The number of aryl methyl sites for hydroxylation is 2. The Kier molecular flexibility index (Phi) is 7.61. The maximum atomic E-state index is 13.3. The minimum atomic E-state index is -0.895. The van der Waals surface area contributed by atoms with Gasteiger partial charge in [0.1, 0.15) is 11.3 Å². The van der Waals surface area contributed by atoms with Gasteiger partial charge in [0, 0.05) is 21.3 Å². The lowest BCUT2D eigenvalue weighted by Crippen LogP contribution is -2.54. The van der Waals surface area contributed by atoms with Gasteiger partial charge in [-0.05, 0) is 67.4 Å². The summed E-state index contributed by atoms with van der Waals surface area (Å²) < 4.78 is 5.69. The second-order valence-electron chi connectivity index (χ2n) is 8.22. The van der Waals surface area contributed by atoms with Crippen LogP contribution in [0.15, 0.2) is 66.2 Å². The van der Waals surface area contributed by atoms with Crippen LogP contribution in [-0.2, 0) is 14.4 Å². The molecule has 0 aliphatic carbocycles. The smallest absolute Gasteiger partial charge is 0.335 e. The average Bonchev–Trinajstić information content (AvgIpc) is 2.84. The van der Waals surface area contributed by atoms with Crippen LogP contribution in [0.2, 0.25) is 10.0 Å². The monoisotopic (exact) mass is 537 g/mol. The number of imide groups is 2. The predicted octanol–water partition coefficient (Wildman–Crippen LogP) is 5.29. The molecule has 1 saturated heterocycles. The van der Waals surface area contributed by atoms with E-state index in [4.69, 9.17) is 27.9 Å². The van der Waals surface area contributed by atoms with E-state index in [1.165, 1.54) is 24.3 Å². The summed E-state index contributed by atoms with van der Waals surface area (Å²) in [6.07, 6.45) is 1.26. The van der Waals surface area contributed by atoms with Crippen LogP contribution in [0.3, 0.4) is 0 Å².